The summed E-state index contributed by atoms with van der Waals surface area (Å²) in [5.41, 5.74) is 1.40. The van der Waals surface area contributed by atoms with Gasteiger partial charge >= 0.3 is 0 Å². The lowest BCUT2D eigenvalue weighted by Gasteiger charge is -2.23. The first-order valence-electron chi connectivity index (χ1n) is 3.92. The first kappa shape index (κ1) is 20.0. The second kappa shape index (κ2) is 8.77. The fourth-order valence-electron chi connectivity index (χ4n) is 1.13. The average Bonchev–Trinajstić information content (AvgIpc) is 1.85. The Morgan fingerprint density at radius 1 is 0.929 bits per heavy atom. The van der Waals surface area contributed by atoms with E-state index in [1.807, 2.05) is 0 Å². The molecule has 0 aliphatic rings. The SMILES string of the molecule is C[N+](C)(C)Cc1ccccc1.I.[Cl-].[Cl-]. The third-order valence-electron chi connectivity index (χ3n) is 1.50. The van der Waals surface area contributed by atoms with Crippen LogP contribution in [0.1, 0.15) is 5.56 Å². The third-order valence-corrected chi connectivity index (χ3v) is 1.50. The standard InChI is InChI=1S/C10H16N.2ClH.HI/c1-11(2,3)9-10-7-5-4-6-8-10;;;/h4-8H,9H2,1-3H3;3*1H/q+1;;;/p-2. The first-order chi connectivity index (χ1) is 5.08. The van der Waals surface area contributed by atoms with Crippen molar-refractivity contribution in [3.8, 4) is 0 Å². The Bertz CT molecular complexity index is 221. The lowest BCUT2D eigenvalue weighted by molar-refractivity contribution is -0.884. The maximum Gasteiger partial charge on any atom is 0.104 e. The van der Waals surface area contributed by atoms with Gasteiger partial charge in [-0.15, -0.1) is 24.0 Å². The van der Waals surface area contributed by atoms with Gasteiger partial charge in [0.05, 0.1) is 21.1 Å². The predicted molar refractivity (Wildman–Crippen MR) is 63.6 cm³/mol. The van der Waals surface area contributed by atoms with Gasteiger partial charge in [-0.1, -0.05) is 30.3 Å². The summed E-state index contributed by atoms with van der Waals surface area (Å²) in [5.74, 6) is 0. The second-order valence-corrected chi connectivity index (χ2v) is 3.93. The molecule has 0 radical (unpaired) electrons. The van der Waals surface area contributed by atoms with Crippen LogP contribution < -0.4 is 24.8 Å². The van der Waals surface area contributed by atoms with E-state index in [-0.39, 0.29) is 48.8 Å². The zero-order chi connectivity index (χ0) is 8.32. The Hall–Kier alpha value is 0.490. The average molecular weight is 349 g/mol. The van der Waals surface area contributed by atoms with Crippen molar-refractivity contribution in [3.63, 3.8) is 0 Å². The molecular weight excluding hydrogens is 332 g/mol. The molecule has 1 nitrogen and oxygen atoms in total. The summed E-state index contributed by atoms with van der Waals surface area (Å²) in [6.45, 7) is 1.10. The van der Waals surface area contributed by atoms with Crippen LogP contribution in [0.5, 0.6) is 0 Å². The van der Waals surface area contributed by atoms with Gasteiger partial charge in [-0.05, 0) is 0 Å². The molecule has 4 heteroatoms. The highest BCUT2D eigenvalue weighted by molar-refractivity contribution is 14.0. The van der Waals surface area contributed by atoms with E-state index < -0.39 is 0 Å². The molecular formula is C10H17Cl2IN-. The molecule has 84 valence electrons. The lowest BCUT2D eigenvalue weighted by Crippen LogP contribution is -3.00. The largest absolute Gasteiger partial charge is 1.00 e. The molecule has 0 N–H and O–H groups in total. The van der Waals surface area contributed by atoms with Crippen LogP contribution in [-0.2, 0) is 6.54 Å². The summed E-state index contributed by atoms with van der Waals surface area (Å²) in [5, 5.41) is 0. The van der Waals surface area contributed by atoms with E-state index in [1.54, 1.807) is 0 Å². The highest BCUT2D eigenvalue weighted by Gasteiger charge is 2.06. The van der Waals surface area contributed by atoms with E-state index in [1.165, 1.54) is 5.56 Å². The second-order valence-electron chi connectivity index (χ2n) is 3.93. The van der Waals surface area contributed by atoms with Gasteiger partial charge in [-0.25, -0.2) is 0 Å². The summed E-state index contributed by atoms with van der Waals surface area (Å²) < 4.78 is 0.990. The zero-order valence-corrected chi connectivity index (χ0v) is 12.5. The van der Waals surface area contributed by atoms with Crippen LogP contribution in [0.25, 0.3) is 0 Å². The molecule has 0 spiro atoms. The molecule has 0 amide bonds. The fourth-order valence-corrected chi connectivity index (χ4v) is 1.13. The number of rotatable bonds is 2. The highest BCUT2D eigenvalue weighted by Crippen LogP contribution is 2.04. The van der Waals surface area contributed by atoms with Crippen molar-refractivity contribution < 1.29 is 29.3 Å². The monoisotopic (exact) mass is 348 g/mol. The molecule has 0 saturated heterocycles. The number of quaternary nitrogens is 1. The van der Waals surface area contributed by atoms with Gasteiger partial charge in [0.2, 0.25) is 0 Å². The fraction of sp³-hybridized carbons (Fsp3) is 0.400. The molecule has 0 fully saturated rings. The summed E-state index contributed by atoms with van der Waals surface area (Å²) in [6, 6.07) is 10.6. The van der Waals surface area contributed by atoms with E-state index in [2.05, 4.69) is 51.5 Å². The lowest BCUT2D eigenvalue weighted by atomic mass is 10.2. The molecule has 0 heterocycles. The Labute approximate surface area is 116 Å². The van der Waals surface area contributed by atoms with E-state index in [0.717, 1.165) is 11.0 Å². The quantitative estimate of drug-likeness (QED) is 0.385. The minimum absolute atomic E-state index is 0. The summed E-state index contributed by atoms with van der Waals surface area (Å²) >= 11 is 0. The molecule has 0 aliphatic heterocycles. The molecule has 0 aliphatic carbocycles. The van der Waals surface area contributed by atoms with Gasteiger partial charge in [0.25, 0.3) is 0 Å². The van der Waals surface area contributed by atoms with E-state index >= 15 is 0 Å². The van der Waals surface area contributed by atoms with Gasteiger partial charge < -0.3 is 29.3 Å². The van der Waals surface area contributed by atoms with Crippen molar-refractivity contribution in [1.29, 1.82) is 0 Å². The van der Waals surface area contributed by atoms with Gasteiger partial charge in [-0.3, -0.25) is 0 Å². The molecule has 0 saturated carbocycles. The zero-order valence-electron chi connectivity index (χ0n) is 8.71. The number of hydrogen-bond acceptors (Lipinski definition) is 0. The molecule has 1 aromatic rings. The third kappa shape index (κ3) is 9.06. The van der Waals surface area contributed by atoms with Crippen LogP contribution in [-0.4, -0.2) is 25.6 Å². The minimum Gasteiger partial charge on any atom is -1.00 e. The van der Waals surface area contributed by atoms with Crippen LogP contribution in [0.3, 0.4) is 0 Å². The summed E-state index contributed by atoms with van der Waals surface area (Å²) in [6.07, 6.45) is 0. The number of hydrogen-bond donors (Lipinski definition) is 0. The number of halogens is 3. The first-order valence-corrected chi connectivity index (χ1v) is 3.92. The normalized spacial score (nSPS) is 9.07. The summed E-state index contributed by atoms with van der Waals surface area (Å²) in [7, 11) is 6.60. The van der Waals surface area contributed by atoms with Crippen molar-refractivity contribution in [1.82, 2.24) is 0 Å². The maximum absolute atomic E-state index is 2.20. The van der Waals surface area contributed by atoms with Gasteiger partial charge in [-0.2, -0.15) is 0 Å². The van der Waals surface area contributed by atoms with Crippen LogP contribution >= 0.6 is 24.0 Å². The van der Waals surface area contributed by atoms with Crippen LogP contribution in [0.15, 0.2) is 30.3 Å². The number of nitrogens with zero attached hydrogens (tertiary/aromatic N) is 1. The van der Waals surface area contributed by atoms with Crippen molar-refractivity contribution >= 4 is 24.0 Å². The van der Waals surface area contributed by atoms with Crippen LogP contribution in [0.2, 0.25) is 0 Å². The van der Waals surface area contributed by atoms with E-state index in [4.69, 9.17) is 0 Å². The smallest absolute Gasteiger partial charge is 0.104 e. The Balaban J connectivity index is -0.000000403. The van der Waals surface area contributed by atoms with E-state index in [9.17, 15) is 0 Å². The van der Waals surface area contributed by atoms with Gasteiger partial charge in [0.15, 0.2) is 0 Å². The molecule has 14 heavy (non-hydrogen) atoms. The highest BCUT2D eigenvalue weighted by atomic mass is 127. The van der Waals surface area contributed by atoms with Crippen LogP contribution in [0, 0.1) is 0 Å². The minimum atomic E-state index is 0. The Kier molecular flexibility index (Phi) is 12.5. The topological polar surface area (TPSA) is 0 Å². The molecule has 1 aromatic carbocycles. The summed E-state index contributed by atoms with van der Waals surface area (Å²) in [4.78, 5) is 0. The van der Waals surface area contributed by atoms with Crippen molar-refractivity contribution in [3.05, 3.63) is 35.9 Å². The maximum atomic E-state index is 2.20. The molecule has 0 unspecified atom stereocenters. The van der Waals surface area contributed by atoms with Crippen molar-refractivity contribution in [2.75, 3.05) is 21.1 Å². The Morgan fingerprint density at radius 2 is 1.36 bits per heavy atom. The van der Waals surface area contributed by atoms with Gasteiger partial charge in [0.1, 0.15) is 6.54 Å². The Morgan fingerprint density at radius 3 is 1.71 bits per heavy atom. The predicted octanol–water partition coefficient (Wildman–Crippen LogP) is -3.48. The van der Waals surface area contributed by atoms with E-state index in [0.29, 0.717) is 0 Å². The van der Waals surface area contributed by atoms with Crippen molar-refractivity contribution in [2.24, 2.45) is 0 Å². The molecule has 0 bridgehead atoms. The molecule has 1 rings (SSSR count). The molecule has 0 atom stereocenters. The molecule has 0 aromatic heterocycles. The number of benzene rings is 1. The van der Waals surface area contributed by atoms with Crippen molar-refractivity contribution in [2.45, 2.75) is 6.54 Å². The van der Waals surface area contributed by atoms with Gasteiger partial charge in [0, 0.05) is 5.56 Å². The van der Waals surface area contributed by atoms with Crippen LogP contribution in [0.4, 0.5) is 0 Å².